The maximum Gasteiger partial charge on any atom is 0.298 e. The van der Waals surface area contributed by atoms with Gasteiger partial charge in [0.1, 0.15) is 28.5 Å². The van der Waals surface area contributed by atoms with Crippen LogP contribution in [0.15, 0.2) is 71.8 Å². The van der Waals surface area contributed by atoms with Crippen molar-refractivity contribution in [3.63, 3.8) is 0 Å². The van der Waals surface area contributed by atoms with Crippen LogP contribution in [0.5, 0.6) is 11.5 Å². The molecule has 1 aliphatic heterocycles. The van der Waals surface area contributed by atoms with Crippen molar-refractivity contribution < 1.29 is 27.8 Å². The number of nitrogens with two attached hydrogens (primary N) is 1. The highest BCUT2D eigenvalue weighted by molar-refractivity contribution is 6.04. The van der Waals surface area contributed by atoms with Crippen molar-refractivity contribution in [1.29, 1.82) is 0 Å². The van der Waals surface area contributed by atoms with Gasteiger partial charge in [0.05, 0.1) is 18.9 Å². The number of nitrogen functional groups attached to an aromatic ring is 1. The van der Waals surface area contributed by atoms with Crippen molar-refractivity contribution in [2.75, 3.05) is 37.4 Å². The third-order valence-corrected chi connectivity index (χ3v) is 6.11. The summed E-state index contributed by atoms with van der Waals surface area (Å²) in [6, 6.07) is 11.3. The lowest BCUT2D eigenvalue weighted by molar-refractivity contribution is -0.129. The first kappa shape index (κ1) is 27.9. The Balaban J connectivity index is 1.32. The largest absolute Gasteiger partial charge is 0.453 e. The van der Waals surface area contributed by atoms with Gasteiger partial charge < -0.3 is 25.4 Å². The number of halogens is 2. The van der Waals surface area contributed by atoms with Gasteiger partial charge in [-0.3, -0.25) is 14.4 Å². The topological polar surface area (TPSA) is 142 Å². The summed E-state index contributed by atoms with van der Waals surface area (Å²) in [6.45, 7) is 1.67. The van der Waals surface area contributed by atoms with Gasteiger partial charge in [-0.25, -0.2) is 13.8 Å². The molecule has 13 heteroatoms. The average Bonchev–Trinajstić information content (AvgIpc) is 2.99. The van der Waals surface area contributed by atoms with Crippen LogP contribution in [0.2, 0.25) is 0 Å². The number of rotatable bonds is 5. The van der Waals surface area contributed by atoms with Gasteiger partial charge in [0, 0.05) is 49.2 Å². The van der Waals surface area contributed by atoms with E-state index in [-0.39, 0.29) is 39.8 Å². The fraction of sp³-hybridized carbons (Fsp3) is 0.138. The lowest BCUT2D eigenvalue weighted by atomic mass is 10.2. The number of carbonyl (C=O) groups is 2. The van der Waals surface area contributed by atoms with Gasteiger partial charge in [0.15, 0.2) is 11.6 Å². The Bertz CT molecular complexity index is 1780. The minimum atomic E-state index is -0.843. The molecule has 0 spiro atoms. The van der Waals surface area contributed by atoms with Crippen LogP contribution in [-0.4, -0.2) is 57.8 Å². The first-order valence-corrected chi connectivity index (χ1v) is 12.6. The van der Waals surface area contributed by atoms with Crippen LogP contribution in [0, 0.1) is 23.5 Å². The average molecular weight is 573 g/mol. The van der Waals surface area contributed by atoms with E-state index < -0.39 is 29.0 Å². The Morgan fingerprint density at radius 2 is 1.76 bits per heavy atom. The zero-order chi connectivity index (χ0) is 29.6. The molecule has 2 aromatic carbocycles. The van der Waals surface area contributed by atoms with Crippen molar-refractivity contribution in [1.82, 2.24) is 19.7 Å². The summed E-state index contributed by atoms with van der Waals surface area (Å²) in [5.41, 5.74) is 5.34. The van der Waals surface area contributed by atoms with E-state index in [9.17, 15) is 18.8 Å². The molecule has 1 saturated heterocycles. The predicted octanol–water partition coefficient (Wildman–Crippen LogP) is 2.74. The van der Waals surface area contributed by atoms with Gasteiger partial charge in [-0.2, -0.15) is 9.78 Å². The number of morpholine rings is 1. The number of benzene rings is 2. The monoisotopic (exact) mass is 572 g/mol. The molecule has 0 bridgehead atoms. The van der Waals surface area contributed by atoms with Crippen LogP contribution in [-0.2, 0) is 9.53 Å². The highest BCUT2D eigenvalue weighted by Gasteiger charge is 2.18. The number of ether oxygens (including phenoxy) is 2. The van der Waals surface area contributed by atoms with Crippen molar-refractivity contribution >= 4 is 23.3 Å². The fourth-order valence-corrected chi connectivity index (χ4v) is 3.96. The molecule has 3 N–H and O–H groups in total. The third-order valence-electron chi connectivity index (χ3n) is 6.11. The van der Waals surface area contributed by atoms with Crippen LogP contribution in [0.3, 0.4) is 0 Å². The zero-order valence-electron chi connectivity index (χ0n) is 21.8. The summed E-state index contributed by atoms with van der Waals surface area (Å²) in [6.07, 6.45) is 2.59. The molecular weight excluding hydrogens is 550 g/mol. The molecule has 3 heterocycles. The fourth-order valence-electron chi connectivity index (χ4n) is 3.96. The Kier molecular flexibility index (Phi) is 8.17. The Hall–Kier alpha value is -5.61. The van der Waals surface area contributed by atoms with Gasteiger partial charge in [0.2, 0.25) is 0 Å². The molecule has 0 unspecified atom stereocenters. The van der Waals surface area contributed by atoms with Gasteiger partial charge in [0.25, 0.3) is 17.4 Å². The number of carbonyl (C=O) groups excluding carboxylic acids is 2. The molecule has 2 amide bonds. The second-order valence-corrected chi connectivity index (χ2v) is 8.86. The van der Waals surface area contributed by atoms with E-state index in [1.807, 2.05) is 0 Å². The maximum atomic E-state index is 15.0. The summed E-state index contributed by atoms with van der Waals surface area (Å²) in [4.78, 5) is 43.6. The van der Waals surface area contributed by atoms with Crippen LogP contribution >= 0.6 is 0 Å². The van der Waals surface area contributed by atoms with Gasteiger partial charge in [-0.15, -0.1) is 0 Å². The molecule has 2 aromatic heterocycles. The molecule has 11 nitrogen and oxygen atoms in total. The zero-order valence-corrected chi connectivity index (χ0v) is 21.8. The van der Waals surface area contributed by atoms with Gasteiger partial charge in [-0.05, 0) is 48.4 Å². The minimum Gasteiger partial charge on any atom is -0.453 e. The molecule has 212 valence electrons. The number of anilines is 2. The molecule has 0 saturated carbocycles. The number of amides is 2. The Labute approximate surface area is 237 Å². The standard InChI is InChI=1S/C29H22F2N6O5/c30-18-1-4-20(5-2-18)37-29(40)22(9-12-34-37)28(39)35-19-3-7-25(23(31)17-19)42-24-10-11-33-27(32)21(24)6-8-26(38)36-13-15-41-16-14-36/h1-5,7,9-12,17H,13-16H2,(H2,32,33)(H,35,39). The highest BCUT2D eigenvalue weighted by atomic mass is 19.1. The number of hydrogen-bond acceptors (Lipinski definition) is 8. The molecule has 4 aromatic rings. The molecular formula is C29H22F2N6O5. The van der Waals surface area contributed by atoms with E-state index in [4.69, 9.17) is 15.2 Å². The molecule has 1 aliphatic rings. The van der Waals surface area contributed by atoms with E-state index in [2.05, 4.69) is 27.2 Å². The summed E-state index contributed by atoms with van der Waals surface area (Å²) in [7, 11) is 0. The molecule has 0 aliphatic carbocycles. The van der Waals surface area contributed by atoms with Crippen LogP contribution in [0.25, 0.3) is 5.69 Å². The summed E-state index contributed by atoms with van der Waals surface area (Å²) in [5.74, 6) is 2.45. The number of pyridine rings is 1. The highest BCUT2D eigenvalue weighted by Crippen LogP contribution is 2.30. The van der Waals surface area contributed by atoms with Crippen molar-refractivity contribution in [2.45, 2.75) is 0 Å². The van der Waals surface area contributed by atoms with E-state index in [1.54, 1.807) is 4.90 Å². The summed E-state index contributed by atoms with van der Waals surface area (Å²) >= 11 is 0. The Morgan fingerprint density at radius 3 is 2.50 bits per heavy atom. The number of nitrogens with one attached hydrogen (secondary N) is 1. The Morgan fingerprint density at radius 1 is 1.00 bits per heavy atom. The van der Waals surface area contributed by atoms with E-state index in [1.165, 1.54) is 48.8 Å². The van der Waals surface area contributed by atoms with Crippen LogP contribution < -0.4 is 21.3 Å². The second-order valence-electron chi connectivity index (χ2n) is 8.86. The SMILES string of the molecule is Nc1nccc(Oc2ccc(NC(=O)c3ccnn(-c4ccc(F)cc4)c3=O)cc2F)c1C#CC(=O)N1CCOCC1. The minimum absolute atomic E-state index is 0.0114. The smallest absolute Gasteiger partial charge is 0.298 e. The van der Waals surface area contributed by atoms with E-state index >= 15 is 4.39 Å². The van der Waals surface area contributed by atoms with Gasteiger partial charge in [-0.1, -0.05) is 0 Å². The van der Waals surface area contributed by atoms with E-state index in [0.717, 1.165) is 22.9 Å². The molecule has 42 heavy (non-hydrogen) atoms. The second kappa shape index (κ2) is 12.3. The van der Waals surface area contributed by atoms with Crippen molar-refractivity contribution in [2.24, 2.45) is 0 Å². The van der Waals surface area contributed by atoms with Gasteiger partial charge >= 0.3 is 0 Å². The summed E-state index contributed by atoms with van der Waals surface area (Å²) < 4.78 is 40.2. The molecule has 0 atom stereocenters. The normalized spacial score (nSPS) is 12.7. The first-order valence-electron chi connectivity index (χ1n) is 12.6. The van der Waals surface area contributed by atoms with Crippen molar-refractivity contribution in [3.8, 4) is 29.0 Å². The summed E-state index contributed by atoms with van der Waals surface area (Å²) in [5, 5.41) is 6.39. The molecule has 5 rings (SSSR count). The molecule has 1 fully saturated rings. The lowest BCUT2D eigenvalue weighted by Gasteiger charge is -2.24. The van der Waals surface area contributed by atoms with Crippen molar-refractivity contribution in [3.05, 3.63) is 100 Å². The first-order chi connectivity index (χ1) is 20.3. The van der Waals surface area contributed by atoms with E-state index in [0.29, 0.717) is 26.3 Å². The molecule has 0 radical (unpaired) electrons. The quantitative estimate of drug-likeness (QED) is 0.348. The predicted molar refractivity (Wildman–Crippen MR) is 147 cm³/mol. The maximum absolute atomic E-state index is 15.0. The van der Waals surface area contributed by atoms with Crippen LogP contribution in [0.1, 0.15) is 15.9 Å². The van der Waals surface area contributed by atoms with Crippen LogP contribution in [0.4, 0.5) is 20.3 Å². The third kappa shape index (κ3) is 6.24. The number of hydrogen-bond donors (Lipinski definition) is 2. The number of aromatic nitrogens is 3. The number of nitrogens with zero attached hydrogens (tertiary/aromatic N) is 4. The lowest BCUT2D eigenvalue weighted by Crippen LogP contribution is -2.40.